The van der Waals surface area contributed by atoms with Crippen molar-refractivity contribution in [1.82, 2.24) is 19.8 Å². The summed E-state index contributed by atoms with van der Waals surface area (Å²) in [6.45, 7) is 1.64. The molecule has 2 atom stereocenters. The van der Waals surface area contributed by atoms with Gasteiger partial charge in [-0.05, 0) is 63.0 Å². The molecule has 10 heteroatoms. The Bertz CT molecular complexity index is 948. The van der Waals surface area contributed by atoms with Crippen LogP contribution >= 0.6 is 0 Å². The number of likely N-dealkylation sites (tertiary alicyclic amines) is 2. The lowest BCUT2D eigenvalue weighted by Crippen LogP contribution is -2.35. The lowest BCUT2D eigenvalue weighted by molar-refractivity contribution is -0.143. The lowest BCUT2D eigenvalue weighted by Gasteiger charge is -2.22. The van der Waals surface area contributed by atoms with Gasteiger partial charge in [0, 0.05) is 13.1 Å². The molecule has 2 aliphatic heterocycles. The smallest absolute Gasteiger partial charge is 0.320 e. The number of hydrogen-bond donors (Lipinski definition) is 4. The summed E-state index contributed by atoms with van der Waals surface area (Å²) in [6.07, 6.45) is 2.67. The molecule has 4 heterocycles. The summed E-state index contributed by atoms with van der Waals surface area (Å²) in [4.78, 5) is 35.5. The molecule has 0 aromatic carbocycles. The van der Waals surface area contributed by atoms with Crippen molar-refractivity contribution in [2.24, 2.45) is 0 Å². The molecule has 0 radical (unpaired) electrons. The minimum atomic E-state index is -0.885. The third-order valence-electron chi connectivity index (χ3n) is 6.17. The summed E-state index contributed by atoms with van der Waals surface area (Å²) in [5, 5.41) is 39.3. The molecule has 2 aliphatic rings. The third kappa shape index (κ3) is 4.51. The summed E-state index contributed by atoms with van der Waals surface area (Å²) in [7, 11) is 0. The van der Waals surface area contributed by atoms with Gasteiger partial charge in [-0.1, -0.05) is 0 Å². The average molecular weight is 442 g/mol. The normalized spacial score (nSPS) is 21.8. The van der Waals surface area contributed by atoms with Crippen LogP contribution in [0.25, 0.3) is 11.4 Å². The highest BCUT2D eigenvalue weighted by molar-refractivity contribution is 5.74. The Morgan fingerprint density at radius 2 is 1.19 bits per heavy atom. The standard InChI is InChI=1S/C22H26N4O6/c27-19-7-5-13(23-15(19)11-25-9-1-3-17(25)21(29)30)14-6-8-20(28)16(24-14)12-26-10-2-4-18(26)22(31)32/h5-8,17-18,27-28H,1-4,9-12H2,(H,29,30)(H,31,32)/t17-,18-/m0/s1. The number of carboxylic acid groups (broad SMARTS) is 2. The zero-order valence-electron chi connectivity index (χ0n) is 17.5. The zero-order chi connectivity index (χ0) is 22.8. The van der Waals surface area contributed by atoms with E-state index in [2.05, 4.69) is 9.97 Å². The fraction of sp³-hybridized carbons (Fsp3) is 0.455. The van der Waals surface area contributed by atoms with Gasteiger partial charge < -0.3 is 20.4 Å². The highest BCUT2D eigenvalue weighted by Gasteiger charge is 2.32. The average Bonchev–Trinajstić information content (AvgIpc) is 3.41. The van der Waals surface area contributed by atoms with Crippen LogP contribution in [0.15, 0.2) is 24.3 Å². The Morgan fingerprint density at radius 3 is 1.56 bits per heavy atom. The fourth-order valence-electron chi connectivity index (χ4n) is 4.48. The Kier molecular flexibility index (Phi) is 6.24. The number of nitrogens with zero attached hydrogens (tertiary/aromatic N) is 4. The Labute approximate surface area is 184 Å². The van der Waals surface area contributed by atoms with E-state index in [-0.39, 0.29) is 24.6 Å². The van der Waals surface area contributed by atoms with Crippen LogP contribution in [0.1, 0.15) is 37.1 Å². The molecule has 0 spiro atoms. The lowest BCUT2D eigenvalue weighted by atomic mass is 10.1. The van der Waals surface area contributed by atoms with E-state index < -0.39 is 24.0 Å². The Balaban J connectivity index is 1.57. The van der Waals surface area contributed by atoms with Crippen molar-refractivity contribution in [3.8, 4) is 22.9 Å². The van der Waals surface area contributed by atoms with Crippen LogP contribution in [0.2, 0.25) is 0 Å². The van der Waals surface area contributed by atoms with Crippen LogP contribution in [0.4, 0.5) is 0 Å². The molecule has 0 aliphatic carbocycles. The first-order valence-corrected chi connectivity index (χ1v) is 10.7. The highest BCUT2D eigenvalue weighted by Crippen LogP contribution is 2.29. The highest BCUT2D eigenvalue weighted by atomic mass is 16.4. The first kappa shape index (κ1) is 22.0. The molecule has 4 rings (SSSR count). The molecule has 2 aromatic heterocycles. The summed E-state index contributed by atoms with van der Waals surface area (Å²) < 4.78 is 0. The molecule has 2 aromatic rings. The molecule has 2 fully saturated rings. The zero-order valence-corrected chi connectivity index (χ0v) is 17.5. The second kappa shape index (κ2) is 9.09. The molecule has 2 saturated heterocycles. The molecule has 170 valence electrons. The van der Waals surface area contributed by atoms with Crippen molar-refractivity contribution in [2.45, 2.75) is 50.9 Å². The minimum Gasteiger partial charge on any atom is -0.506 e. The minimum absolute atomic E-state index is 0.0230. The summed E-state index contributed by atoms with van der Waals surface area (Å²) in [5.41, 5.74) is 1.66. The van der Waals surface area contributed by atoms with Gasteiger partial charge in [-0.15, -0.1) is 0 Å². The van der Waals surface area contributed by atoms with Crippen molar-refractivity contribution >= 4 is 11.9 Å². The second-order valence-corrected chi connectivity index (χ2v) is 8.26. The first-order valence-electron chi connectivity index (χ1n) is 10.7. The van der Waals surface area contributed by atoms with Crippen LogP contribution in [0.3, 0.4) is 0 Å². The first-order chi connectivity index (χ1) is 15.3. The molecule has 10 nitrogen and oxygen atoms in total. The molecule has 0 bridgehead atoms. The number of aromatic nitrogens is 2. The van der Waals surface area contributed by atoms with Gasteiger partial charge in [0.25, 0.3) is 0 Å². The van der Waals surface area contributed by atoms with Crippen LogP contribution in [-0.2, 0) is 22.7 Å². The van der Waals surface area contributed by atoms with Crippen molar-refractivity contribution < 1.29 is 30.0 Å². The topological polar surface area (TPSA) is 147 Å². The van der Waals surface area contributed by atoms with E-state index in [0.717, 1.165) is 12.8 Å². The van der Waals surface area contributed by atoms with Gasteiger partial charge in [0.15, 0.2) is 0 Å². The molecule has 4 N–H and O–H groups in total. The van der Waals surface area contributed by atoms with Gasteiger partial charge in [0.05, 0.1) is 22.8 Å². The number of rotatable bonds is 7. The van der Waals surface area contributed by atoms with E-state index in [9.17, 15) is 30.0 Å². The SMILES string of the molecule is O=C(O)[C@@H]1CCCN1Cc1nc(-c2ccc(O)c(CN3CCC[C@H]3C(=O)O)n2)ccc1O. The van der Waals surface area contributed by atoms with Crippen molar-refractivity contribution in [3.63, 3.8) is 0 Å². The number of carbonyl (C=O) groups is 2. The second-order valence-electron chi connectivity index (χ2n) is 8.26. The summed E-state index contributed by atoms with van der Waals surface area (Å²) in [5.74, 6) is -1.82. The molecular formula is C22H26N4O6. The fourth-order valence-corrected chi connectivity index (χ4v) is 4.48. The van der Waals surface area contributed by atoms with Gasteiger partial charge >= 0.3 is 11.9 Å². The predicted octanol–water partition coefficient (Wildman–Crippen LogP) is 1.65. The number of hydrogen-bond acceptors (Lipinski definition) is 8. The van der Waals surface area contributed by atoms with Crippen LogP contribution in [-0.4, -0.2) is 77.3 Å². The van der Waals surface area contributed by atoms with E-state index in [4.69, 9.17) is 0 Å². The number of carboxylic acids is 2. The molecule has 32 heavy (non-hydrogen) atoms. The molecule has 0 unspecified atom stereocenters. The Hall–Kier alpha value is -3.24. The summed E-state index contributed by atoms with van der Waals surface area (Å²) >= 11 is 0. The van der Waals surface area contributed by atoms with Crippen LogP contribution in [0.5, 0.6) is 11.5 Å². The van der Waals surface area contributed by atoms with E-state index >= 15 is 0 Å². The third-order valence-corrected chi connectivity index (χ3v) is 6.17. The van der Waals surface area contributed by atoms with E-state index in [1.165, 1.54) is 12.1 Å². The van der Waals surface area contributed by atoms with E-state index in [0.29, 0.717) is 48.7 Å². The number of aromatic hydroxyl groups is 2. The van der Waals surface area contributed by atoms with Gasteiger partial charge in [0.1, 0.15) is 23.6 Å². The van der Waals surface area contributed by atoms with Crippen LogP contribution in [0, 0.1) is 0 Å². The van der Waals surface area contributed by atoms with Gasteiger partial charge in [-0.2, -0.15) is 0 Å². The largest absolute Gasteiger partial charge is 0.506 e. The van der Waals surface area contributed by atoms with Gasteiger partial charge in [-0.3, -0.25) is 19.4 Å². The Morgan fingerprint density at radius 1 is 0.781 bits per heavy atom. The molecular weight excluding hydrogens is 416 g/mol. The number of pyridine rings is 2. The maximum Gasteiger partial charge on any atom is 0.320 e. The van der Waals surface area contributed by atoms with Crippen molar-refractivity contribution in [1.29, 1.82) is 0 Å². The monoisotopic (exact) mass is 442 g/mol. The molecule has 0 amide bonds. The predicted molar refractivity (Wildman–Crippen MR) is 113 cm³/mol. The van der Waals surface area contributed by atoms with E-state index in [1.54, 1.807) is 21.9 Å². The molecule has 0 saturated carbocycles. The van der Waals surface area contributed by atoms with Gasteiger partial charge in [0.2, 0.25) is 0 Å². The van der Waals surface area contributed by atoms with Crippen molar-refractivity contribution in [3.05, 3.63) is 35.7 Å². The quantitative estimate of drug-likeness (QED) is 0.499. The summed E-state index contributed by atoms with van der Waals surface area (Å²) in [6, 6.07) is 5.02. The number of aliphatic carboxylic acids is 2. The van der Waals surface area contributed by atoms with E-state index in [1.807, 2.05) is 0 Å². The maximum atomic E-state index is 11.5. The maximum absolute atomic E-state index is 11.5. The van der Waals surface area contributed by atoms with Gasteiger partial charge in [-0.25, -0.2) is 9.97 Å². The van der Waals surface area contributed by atoms with Crippen molar-refractivity contribution in [2.75, 3.05) is 13.1 Å². The van der Waals surface area contributed by atoms with Crippen LogP contribution < -0.4 is 0 Å².